The molecule has 2 rings (SSSR count). The van der Waals surface area contributed by atoms with Gasteiger partial charge in [-0.05, 0) is 32.3 Å². The zero-order chi connectivity index (χ0) is 19.2. The highest BCUT2D eigenvalue weighted by Gasteiger charge is 2.18. The fourth-order valence-corrected chi connectivity index (χ4v) is 3.12. The largest absolute Gasteiger partial charge is 0.382 e. The third-order valence-corrected chi connectivity index (χ3v) is 4.64. The lowest BCUT2D eigenvalue weighted by molar-refractivity contribution is 0.144. The third kappa shape index (κ3) is 8.59. The first-order valence-corrected chi connectivity index (χ1v) is 10.4. The average molecular weight is 373 g/mol. The number of hydrogen-bond acceptors (Lipinski definition) is 3. The van der Waals surface area contributed by atoms with Crippen molar-refractivity contribution in [3.8, 4) is 0 Å². The van der Waals surface area contributed by atoms with Gasteiger partial charge in [0.2, 0.25) is 0 Å². The maximum absolute atomic E-state index is 5.39. The zero-order valence-corrected chi connectivity index (χ0v) is 17.1. The van der Waals surface area contributed by atoms with Gasteiger partial charge in [-0.15, -0.1) is 0 Å². The number of unbranched alkanes of at least 4 members (excludes halogenated alkanes) is 1. The van der Waals surface area contributed by atoms with Crippen LogP contribution in [0, 0.1) is 0 Å². The summed E-state index contributed by atoms with van der Waals surface area (Å²) in [5, 5.41) is 3.45. The topological polar surface area (TPSA) is 40.1 Å². The molecule has 1 N–H and O–H groups in total. The highest BCUT2D eigenvalue weighted by atomic mass is 16.5. The normalized spacial score (nSPS) is 16.2. The molecule has 1 heterocycles. The summed E-state index contributed by atoms with van der Waals surface area (Å²) in [7, 11) is 0. The molecule has 27 heavy (non-hydrogen) atoms. The molecule has 0 radical (unpaired) electrons. The number of guanidine groups is 1. The molecule has 0 atom stereocenters. The minimum absolute atomic E-state index is 0.802. The Morgan fingerprint density at radius 1 is 1.11 bits per heavy atom. The van der Waals surface area contributed by atoms with Crippen molar-refractivity contribution in [2.45, 2.75) is 26.7 Å². The van der Waals surface area contributed by atoms with Crippen molar-refractivity contribution in [2.24, 2.45) is 4.99 Å². The first kappa shape index (κ1) is 21.5. The molecule has 0 saturated carbocycles. The van der Waals surface area contributed by atoms with Crippen molar-refractivity contribution < 1.29 is 4.74 Å². The molecule has 0 amide bonds. The Morgan fingerprint density at radius 2 is 1.89 bits per heavy atom. The quantitative estimate of drug-likeness (QED) is 0.389. The Morgan fingerprint density at radius 3 is 2.59 bits per heavy atom. The van der Waals surface area contributed by atoms with E-state index < -0.39 is 0 Å². The van der Waals surface area contributed by atoms with E-state index in [1.165, 1.54) is 5.56 Å². The predicted molar refractivity (Wildman–Crippen MR) is 115 cm³/mol. The first-order chi connectivity index (χ1) is 13.3. The lowest BCUT2D eigenvalue weighted by Gasteiger charge is -2.36. The molecule has 5 heteroatoms. The molecule has 1 aliphatic rings. The molecule has 1 aromatic carbocycles. The zero-order valence-electron chi connectivity index (χ0n) is 17.1. The molecule has 1 aliphatic heterocycles. The summed E-state index contributed by atoms with van der Waals surface area (Å²) in [4.78, 5) is 9.70. The molecule has 150 valence electrons. The lowest BCUT2D eigenvalue weighted by Crippen LogP contribution is -2.52. The van der Waals surface area contributed by atoms with E-state index in [-0.39, 0.29) is 0 Å². The van der Waals surface area contributed by atoms with Crippen molar-refractivity contribution in [3.05, 3.63) is 42.0 Å². The van der Waals surface area contributed by atoms with Crippen LogP contribution in [0.15, 0.2) is 41.4 Å². The van der Waals surface area contributed by atoms with Crippen LogP contribution in [-0.4, -0.2) is 74.8 Å². The van der Waals surface area contributed by atoms with E-state index in [0.29, 0.717) is 0 Å². The summed E-state index contributed by atoms with van der Waals surface area (Å²) < 4.78 is 5.39. The molecular formula is C22H36N4O. The van der Waals surface area contributed by atoms with Crippen LogP contribution >= 0.6 is 0 Å². The number of hydrogen-bond donors (Lipinski definition) is 1. The number of aliphatic imine (C=N–C) groups is 1. The Labute approximate surface area is 165 Å². The van der Waals surface area contributed by atoms with E-state index in [1.54, 1.807) is 0 Å². The highest BCUT2D eigenvalue weighted by Crippen LogP contribution is 2.05. The van der Waals surface area contributed by atoms with Gasteiger partial charge in [-0.1, -0.05) is 42.5 Å². The van der Waals surface area contributed by atoms with Gasteiger partial charge in [0.15, 0.2) is 5.96 Å². The number of ether oxygens (including phenoxy) is 1. The van der Waals surface area contributed by atoms with Gasteiger partial charge in [0.05, 0.1) is 0 Å². The monoisotopic (exact) mass is 372 g/mol. The summed E-state index contributed by atoms with van der Waals surface area (Å²) in [6.07, 6.45) is 6.64. The SMILES string of the molecule is CCNC(=NCCCCOCC)N1CCN(C/C=C/c2ccccc2)CC1. The van der Waals surface area contributed by atoms with E-state index in [4.69, 9.17) is 9.73 Å². The molecule has 1 saturated heterocycles. The molecule has 5 nitrogen and oxygen atoms in total. The molecule has 1 aromatic rings. The molecule has 0 aromatic heterocycles. The van der Waals surface area contributed by atoms with Crippen molar-refractivity contribution in [2.75, 3.05) is 59.0 Å². The summed E-state index contributed by atoms with van der Waals surface area (Å²) in [5.74, 6) is 1.06. The number of benzene rings is 1. The van der Waals surface area contributed by atoms with Crippen LogP contribution in [0.3, 0.4) is 0 Å². The van der Waals surface area contributed by atoms with Crippen LogP contribution in [0.2, 0.25) is 0 Å². The van der Waals surface area contributed by atoms with E-state index in [0.717, 1.165) is 77.8 Å². The van der Waals surface area contributed by atoms with Crippen molar-refractivity contribution in [1.82, 2.24) is 15.1 Å². The molecule has 0 aliphatic carbocycles. The van der Waals surface area contributed by atoms with Crippen molar-refractivity contribution in [1.29, 1.82) is 0 Å². The second-order valence-corrected chi connectivity index (χ2v) is 6.74. The molecule has 0 spiro atoms. The standard InChI is InChI=1S/C22H36N4O/c1-3-23-22(24-14-8-9-20-27-4-2)26-18-16-25(17-19-26)15-10-13-21-11-6-5-7-12-21/h5-7,10-13H,3-4,8-9,14-20H2,1-2H3,(H,23,24)/b13-10+. The second kappa shape index (κ2) is 13.3. The van der Waals surface area contributed by atoms with Gasteiger partial charge in [0.1, 0.15) is 0 Å². The van der Waals surface area contributed by atoms with Gasteiger partial charge in [-0.2, -0.15) is 0 Å². The number of nitrogens with zero attached hydrogens (tertiary/aromatic N) is 3. The van der Waals surface area contributed by atoms with E-state index in [1.807, 2.05) is 6.92 Å². The van der Waals surface area contributed by atoms with Gasteiger partial charge < -0.3 is 15.0 Å². The molecule has 0 unspecified atom stereocenters. The third-order valence-electron chi connectivity index (χ3n) is 4.64. The van der Waals surface area contributed by atoms with Crippen LogP contribution in [0.5, 0.6) is 0 Å². The average Bonchev–Trinajstić information content (AvgIpc) is 2.71. The Bertz CT molecular complexity index is 551. The van der Waals surface area contributed by atoms with Gasteiger partial charge >= 0.3 is 0 Å². The minimum Gasteiger partial charge on any atom is -0.382 e. The first-order valence-electron chi connectivity index (χ1n) is 10.4. The Hall–Kier alpha value is -1.85. The maximum atomic E-state index is 5.39. The Kier molecular flexibility index (Phi) is 10.6. The maximum Gasteiger partial charge on any atom is 0.194 e. The smallest absolute Gasteiger partial charge is 0.194 e. The number of rotatable bonds is 10. The van der Waals surface area contributed by atoms with Crippen LogP contribution in [0.25, 0.3) is 6.08 Å². The van der Waals surface area contributed by atoms with Gasteiger partial charge in [-0.3, -0.25) is 9.89 Å². The van der Waals surface area contributed by atoms with Crippen molar-refractivity contribution in [3.63, 3.8) is 0 Å². The molecule has 0 bridgehead atoms. The van der Waals surface area contributed by atoms with E-state index in [2.05, 4.69) is 64.5 Å². The van der Waals surface area contributed by atoms with Crippen LogP contribution in [0.1, 0.15) is 32.3 Å². The number of piperazine rings is 1. The lowest BCUT2D eigenvalue weighted by atomic mass is 10.2. The predicted octanol–water partition coefficient (Wildman–Crippen LogP) is 3.10. The van der Waals surface area contributed by atoms with Gasteiger partial charge in [0, 0.05) is 59.0 Å². The van der Waals surface area contributed by atoms with Crippen molar-refractivity contribution >= 4 is 12.0 Å². The molecule has 1 fully saturated rings. The fraction of sp³-hybridized carbons (Fsp3) is 0.591. The van der Waals surface area contributed by atoms with Crippen LogP contribution in [0.4, 0.5) is 0 Å². The second-order valence-electron chi connectivity index (χ2n) is 6.74. The molecular weight excluding hydrogens is 336 g/mol. The highest BCUT2D eigenvalue weighted by molar-refractivity contribution is 5.80. The minimum atomic E-state index is 0.802. The van der Waals surface area contributed by atoms with Crippen LogP contribution in [-0.2, 0) is 4.74 Å². The van der Waals surface area contributed by atoms with Gasteiger partial charge in [0.25, 0.3) is 0 Å². The number of nitrogens with one attached hydrogen (secondary N) is 1. The van der Waals surface area contributed by atoms with E-state index in [9.17, 15) is 0 Å². The fourth-order valence-electron chi connectivity index (χ4n) is 3.12. The summed E-state index contributed by atoms with van der Waals surface area (Å²) in [5.41, 5.74) is 1.27. The summed E-state index contributed by atoms with van der Waals surface area (Å²) >= 11 is 0. The summed E-state index contributed by atoms with van der Waals surface area (Å²) in [6.45, 7) is 12.8. The van der Waals surface area contributed by atoms with Gasteiger partial charge in [-0.25, -0.2) is 0 Å². The Balaban J connectivity index is 1.71. The van der Waals surface area contributed by atoms with Crippen LogP contribution < -0.4 is 5.32 Å². The summed E-state index contributed by atoms with van der Waals surface area (Å²) in [6, 6.07) is 10.5. The van der Waals surface area contributed by atoms with E-state index >= 15 is 0 Å².